The quantitative estimate of drug-likeness (QED) is 0.522. The van der Waals surface area contributed by atoms with Gasteiger partial charge in [0.25, 0.3) is 0 Å². The number of fused-ring (bicyclic) bond motifs is 1. The van der Waals surface area contributed by atoms with E-state index in [1.54, 1.807) is 16.4 Å². The van der Waals surface area contributed by atoms with Crippen molar-refractivity contribution in [2.45, 2.75) is 90.7 Å². The van der Waals surface area contributed by atoms with Gasteiger partial charge in [-0.1, -0.05) is 37.2 Å². The number of carbonyl (C=O) groups is 1. The Labute approximate surface area is 220 Å². The molecule has 0 bridgehead atoms. The SMILES string of the molecule is Cc1c(Cc2ccccc2S(=O)(=O)N2CCCC2)c2c(n1CC(=O)O)CC(C)(C)CC2=NOC(C)(C)C. The average Bonchev–Trinajstić information content (AvgIpc) is 3.41. The molecule has 1 fully saturated rings. The minimum absolute atomic E-state index is 0.137. The topological polar surface area (TPSA) is 101 Å². The van der Waals surface area contributed by atoms with Crippen molar-refractivity contribution in [1.29, 1.82) is 0 Å². The van der Waals surface area contributed by atoms with Gasteiger partial charge in [-0.15, -0.1) is 0 Å². The van der Waals surface area contributed by atoms with Gasteiger partial charge in [-0.05, 0) is 76.0 Å². The maximum atomic E-state index is 13.5. The minimum atomic E-state index is -3.62. The number of aliphatic carboxylic acids is 1. The lowest BCUT2D eigenvalue weighted by Crippen LogP contribution is -2.30. The summed E-state index contributed by atoms with van der Waals surface area (Å²) in [7, 11) is -3.62. The van der Waals surface area contributed by atoms with Gasteiger partial charge in [0.15, 0.2) is 0 Å². The summed E-state index contributed by atoms with van der Waals surface area (Å²) < 4.78 is 30.5. The Morgan fingerprint density at radius 1 is 1.14 bits per heavy atom. The molecule has 0 spiro atoms. The van der Waals surface area contributed by atoms with Crippen LogP contribution in [-0.2, 0) is 39.0 Å². The van der Waals surface area contributed by atoms with Gasteiger partial charge in [-0.2, -0.15) is 4.31 Å². The molecular formula is C28H39N3O5S. The van der Waals surface area contributed by atoms with E-state index in [-0.39, 0.29) is 12.0 Å². The molecule has 2 aliphatic rings. The Kier molecular flexibility index (Phi) is 7.33. The molecular weight excluding hydrogens is 490 g/mol. The lowest BCUT2D eigenvalue weighted by atomic mass is 9.74. The van der Waals surface area contributed by atoms with Gasteiger partial charge >= 0.3 is 5.97 Å². The van der Waals surface area contributed by atoms with E-state index in [9.17, 15) is 18.3 Å². The number of benzene rings is 1. The summed E-state index contributed by atoms with van der Waals surface area (Å²) in [4.78, 5) is 18.0. The van der Waals surface area contributed by atoms with Gasteiger partial charge in [0.05, 0.1) is 10.6 Å². The monoisotopic (exact) mass is 529 g/mol. The largest absolute Gasteiger partial charge is 0.480 e. The molecule has 1 aliphatic carbocycles. The molecule has 37 heavy (non-hydrogen) atoms. The maximum Gasteiger partial charge on any atom is 0.323 e. The second-order valence-electron chi connectivity index (χ2n) is 12.0. The zero-order valence-corrected chi connectivity index (χ0v) is 23.6. The summed E-state index contributed by atoms with van der Waals surface area (Å²) in [6.45, 7) is 12.9. The van der Waals surface area contributed by atoms with E-state index >= 15 is 0 Å². The molecule has 0 unspecified atom stereocenters. The van der Waals surface area contributed by atoms with Gasteiger partial charge in [-0.25, -0.2) is 8.42 Å². The lowest BCUT2D eigenvalue weighted by molar-refractivity contribution is -0.137. The number of carboxylic acid groups (broad SMARTS) is 1. The molecule has 8 nitrogen and oxygen atoms in total. The number of oxime groups is 1. The predicted molar refractivity (Wildman–Crippen MR) is 144 cm³/mol. The third-order valence-electron chi connectivity index (χ3n) is 7.08. The van der Waals surface area contributed by atoms with E-state index in [0.717, 1.165) is 41.1 Å². The van der Waals surface area contributed by atoms with Gasteiger partial charge in [0.1, 0.15) is 12.1 Å². The van der Waals surface area contributed by atoms with Crippen LogP contribution >= 0.6 is 0 Å². The molecule has 1 aromatic heterocycles. The highest BCUT2D eigenvalue weighted by atomic mass is 32.2. The Morgan fingerprint density at radius 3 is 2.41 bits per heavy atom. The summed E-state index contributed by atoms with van der Waals surface area (Å²) in [6, 6.07) is 7.16. The van der Waals surface area contributed by atoms with Gasteiger partial charge in [0, 0.05) is 36.5 Å². The number of rotatable bonds is 7. The second-order valence-corrected chi connectivity index (χ2v) is 13.9. The first-order chi connectivity index (χ1) is 17.2. The predicted octanol–water partition coefficient (Wildman–Crippen LogP) is 4.75. The van der Waals surface area contributed by atoms with E-state index in [2.05, 4.69) is 19.0 Å². The van der Waals surface area contributed by atoms with E-state index in [1.165, 1.54) is 0 Å². The van der Waals surface area contributed by atoms with Crippen molar-refractivity contribution < 1.29 is 23.2 Å². The fourth-order valence-electron chi connectivity index (χ4n) is 5.43. The number of sulfonamides is 1. The highest BCUT2D eigenvalue weighted by Crippen LogP contribution is 2.40. The van der Waals surface area contributed by atoms with Crippen molar-refractivity contribution >= 4 is 21.7 Å². The van der Waals surface area contributed by atoms with Crippen LogP contribution in [0, 0.1) is 12.3 Å². The first kappa shape index (κ1) is 27.4. The third kappa shape index (κ3) is 5.77. The molecule has 0 saturated carbocycles. The first-order valence-electron chi connectivity index (χ1n) is 13.0. The van der Waals surface area contributed by atoms with Crippen LogP contribution in [0.5, 0.6) is 0 Å². The molecule has 2 heterocycles. The van der Waals surface area contributed by atoms with Crippen molar-refractivity contribution in [3.63, 3.8) is 0 Å². The highest BCUT2D eigenvalue weighted by molar-refractivity contribution is 7.89. The molecule has 0 atom stereocenters. The standard InChI is InChI=1S/C28H39N3O5S/c1-19-21(15-20-11-7-8-12-24(20)37(34,35)30-13-9-10-14-30)26-22(29-36-27(2,3)4)16-28(5,6)17-23(26)31(19)18-25(32)33/h7-8,11-12H,9-10,13-18H2,1-6H3,(H,32,33). The number of nitrogens with zero attached hydrogens (tertiary/aromatic N) is 3. The van der Waals surface area contributed by atoms with E-state index in [4.69, 9.17) is 4.84 Å². The van der Waals surface area contributed by atoms with Crippen molar-refractivity contribution in [2.24, 2.45) is 10.6 Å². The second kappa shape index (κ2) is 9.91. The lowest BCUT2D eigenvalue weighted by Gasteiger charge is -2.32. The van der Waals surface area contributed by atoms with Crippen LogP contribution in [0.25, 0.3) is 0 Å². The Hall–Kier alpha value is -2.65. The molecule has 1 aromatic carbocycles. The van der Waals surface area contributed by atoms with Crippen LogP contribution in [-0.4, -0.2) is 52.8 Å². The van der Waals surface area contributed by atoms with Crippen LogP contribution in [0.2, 0.25) is 0 Å². The van der Waals surface area contributed by atoms with Crippen molar-refractivity contribution in [1.82, 2.24) is 8.87 Å². The van der Waals surface area contributed by atoms with Crippen LogP contribution in [0.15, 0.2) is 34.3 Å². The fourth-order valence-corrected chi connectivity index (χ4v) is 7.17. The Bertz CT molecular complexity index is 1330. The summed E-state index contributed by atoms with van der Waals surface area (Å²) in [5.74, 6) is -0.919. The average molecular weight is 530 g/mol. The van der Waals surface area contributed by atoms with E-state index in [0.29, 0.717) is 42.8 Å². The zero-order valence-electron chi connectivity index (χ0n) is 22.8. The fraction of sp³-hybridized carbons (Fsp3) is 0.571. The van der Waals surface area contributed by atoms with Crippen LogP contribution in [0.1, 0.15) is 82.0 Å². The minimum Gasteiger partial charge on any atom is -0.480 e. The summed E-state index contributed by atoms with van der Waals surface area (Å²) in [5.41, 5.74) is 4.41. The molecule has 4 rings (SSSR count). The van der Waals surface area contributed by atoms with Crippen LogP contribution in [0.3, 0.4) is 0 Å². The van der Waals surface area contributed by atoms with Crippen molar-refractivity contribution in [3.05, 3.63) is 52.3 Å². The molecule has 1 aliphatic heterocycles. The number of carboxylic acids is 1. The smallest absolute Gasteiger partial charge is 0.323 e. The van der Waals surface area contributed by atoms with E-state index < -0.39 is 21.6 Å². The summed E-state index contributed by atoms with van der Waals surface area (Å²) in [5, 5.41) is 14.3. The van der Waals surface area contributed by atoms with E-state index in [1.807, 2.05) is 44.4 Å². The van der Waals surface area contributed by atoms with Gasteiger partial charge in [0.2, 0.25) is 10.0 Å². The van der Waals surface area contributed by atoms with Crippen molar-refractivity contribution in [2.75, 3.05) is 13.1 Å². The molecule has 9 heteroatoms. The molecule has 0 radical (unpaired) electrons. The zero-order chi connectivity index (χ0) is 27.2. The molecule has 1 N–H and O–H groups in total. The van der Waals surface area contributed by atoms with Crippen LogP contribution < -0.4 is 0 Å². The Morgan fingerprint density at radius 2 is 1.78 bits per heavy atom. The van der Waals surface area contributed by atoms with Gasteiger partial charge < -0.3 is 14.5 Å². The molecule has 202 valence electrons. The normalized spacial score (nSPS) is 19.2. The molecule has 1 saturated heterocycles. The Balaban J connectivity index is 1.88. The molecule has 0 amide bonds. The van der Waals surface area contributed by atoms with Crippen LogP contribution in [0.4, 0.5) is 0 Å². The number of aromatic nitrogens is 1. The summed E-state index contributed by atoms with van der Waals surface area (Å²) >= 11 is 0. The summed E-state index contributed by atoms with van der Waals surface area (Å²) in [6.07, 6.45) is 3.47. The third-order valence-corrected chi connectivity index (χ3v) is 9.08. The highest BCUT2D eigenvalue weighted by Gasteiger charge is 2.37. The van der Waals surface area contributed by atoms with Gasteiger partial charge in [-0.3, -0.25) is 4.79 Å². The first-order valence-corrected chi connectivity index (χ1v) is 14.4. The number of hydrogen-bond acceptors (Lipinski definition) is 5. The van der Waals surface area contributed by atoms with Crippen molar-refractivity contribution in [3.8, 4) is 0 Å². The number of hydrogen-bond donors (Lipinski definition) is 1. The molecule has 2 aromatic rings. The maximum absolute atomic E-state index is 13.5.